The third kappa shape index (κ3) is 2.74. The Kier molecular flexibility index (Phi) is 5.28. The summed E-state index contributed by atoms with van der Waals surface area (Å²) < 4.78 is 7.29. The summed E-state index contributed by atoms with van der Waals surface area (Å²) in [5, 5.41) is 4.32. The summed E-state index contributed by atoms with van der Waals surface area (Å²) in [5.74, 6) is 6.40. The lowest BCUT2D eigenvalue weighted by Gasteiger charge is -2.18. The predicted molar refractivity (Wildman–Crippen MR) is 64.0 cm³/mol. The number of methoxy groups -OCH3 is 1. The average molecular weight is 226 g/mol. The van der Waals surface area contributed by atoms with Gasteiger partial charge in [-0.05, 0) is 12.8 Å². The monoisotopic (exact) mass is 226 g/mol. The zero-order chi connectivity index (χ0) is 12.0. The molecule has 0 spiro atoms. The van der Waals surface area contributed by atoms with Gasteiger partial charge >= 0.3 is 0 Å². The first-order valence-electron chi connectivity index (χ1n) is 5.84. The van der Waals surface area contributed by atoms with Gasteiger partial charge in [0.25, 0.3) is 0 Å². The molecular weight excluding hydrogens is 204 g/mol. The molecule has 1 rings (SSSR count). The van der Waals surface area contributed by atoms with Crippen molar-refractivity contribution in [2.75, 3.05) is 7.11 Å². The highest BCUT2D eigenvalue weighted by atomic mass is 16.5. The maximum Gasteiger partial charge on any atom is 0.161 e. The molecule has 1 aromatic heterocycles. The van der Waals surface area contributed by atoms with Crippen molar-refractivity contribution in [2.24, 2.45) is 5.84 Å². The molecule has 1 unspecified atom stereocenters. The Labute approximate surface area is 96.9 Å². The highest BCUT2D eigenvalue weighted by molar-refractivity contribution is 5.28. The van der Waals surface area contributed by atoms with E-state index in [0.29, 0.717) is 0 Å². The van der Waals surface area contributed by atoms with E-state index in [1.54, 1.807) is 13.3 Å². The van der Waals surface area contributed by atoms with Crippen LogP contribution in [0, 0.1) is 0 Å². The Morgan fingerprint density at radius 1 is 1.50 bits per heavy atom. The largest absolute Gasteiger partial charge is 0.493 e. The molecule has 0 radical (unpaired) electrons. The van der Waals surface area contributed by atoms with Gasteiger partial charge < -0.3 is 4.74 Å². The smallest absolute Gasteiger partial charge is 0.161 e. The molecule has 5 heteroatoms. The van der Waals surface area contributed by atoms with Crippen LogP contribution in [0.3, 0.4) is 0 Å². The minimum atomic E-state index is 0.106. The number of aromatic nitrogens is 2. The molecule has 1 atom stereocenters. The van der Waals surface area contributed by atoms with Crippen molar-refractivity contribution < 1.29 is 4.74 Å². The predicted octanol–water partition coefficient (Wildman–Crippen LogP) is 1.61. The van der Waals surface area contributed by atoms with E-state index in [1.165, 1.54) is 0 Å². The van der Waals surface area contributed by atoms with Crippen molar-refractivity contribution in [1.29, 1.82) is 0 Å². The third-order valence-corrected chi connectivity index (χ3v) is 2.61. The van der Waals surface area contributed by atoms with E-state index in [9.17, 15) is 0 Å². The highest BCUT2D eigenvalue weighted by Crippen LogP contribution is 2.27. The van der Waals surface area contributed by atoms with Crippen LogP contribution in [-0.4, -0.2) is 16.9 Å². The molecule has 16 heavy (non-hydrogen) atoms. The van der Waals surface area contributed by atoms with Gasteiger partial charge in [0.15, 0.2) is 5.75 Å². The van der Waals surface area contributed by atoms with Gasteiger partial charge in [-0.25, -0.2) is 0 Å². The SMILES string of the molecule is CCCC(NN)c1c(OC)cnn1CCC. The maximum absolute atomic E-state index is 5.59. The second-order valence-corrected chi connectivity index (χ2v) is 3.83. The van der Waals surface area contributed by atoms with Crippen molar-refractivity contribution in [2.45, 2.75) is 45.7 Å². The molecule has 0 aliphatic carbocycles. The van der Waals surface area contributed by atoms with Crippen LogP contribution >= 0.6 is 0 Å². The second-order valence-electron chi connectivity index (χ2n) is 3.83. The second kappa shape index (κ2) is 6.50. The van der Waals surface area contributed by atoms with Crippen molar-refractivity contribution in [1.82, 2.24) is 15.2 Å². The Balaban J connectivity index is 2.99. The normalized spacial score (nSPS) is 12.8. The zero-order valence-corrected chi connectivity index (χ0v) is 10.4. The lowest BCUT2D eigenvalue weighted by molar-refractivity contribution is 0.384. The van der Waals surface area contributed by atoms with E-state index in [2.05, 4.69) is 24.4 Å². The van der Waals surface area contributed by atoms with Crippen LogP contribution in [0.5, 0.6) is 5.75 Å². The molecule has 1 aromatic rings. The van der Waals surface area contributed by atoms with Crippen LogP contribution in [-0.2, 0) is 6.54 Å². The van der Waals surface area contributed by atoms with Crippen LogP contribution in [0.2, 0.25) is 0 Å². The van der Waals surface area contributed by atoms with Crippen LogP contribution in [0.15, 0.2) is 6.20 Å². The fraction of sp³-hybridized carbons (Fsp3) is 0.727. The summed E-state index contributed by atoms with van der Waals surface area (Å²) in [5.41, 5.74) is 3.89. The molecule has 0 fully saturated rings. The molecule has 92 valence electrons. The van der Waals surface area contributed by atoms with E-state index >= 15 is 0 Å². The number of nitrogens with zero attached hydrogens (tertiary/aromatic N) is 2. The molecule has 0 saturated heterocycles. The minimum absolute atomic E-state index is 0.106. The van der Waals surface area contributed by atoms with Crippen LogP contribution in [0.1, 0.15) is 44.8 Å². The zero-order valence-electron chi connectivity index (χ0n) is 10.4. The first kappa shape index (κ1) is 13.0. The highest BCUT2D eigenvalue weighted by Gasteiger charge is 2.19. The summed E-state index contributed by atoms with van der Waals surface area (Å²) in [6.45, 7) is 5.15. The first-order chi connectivity index (χ1) is 7.78. The van der Waals surface area contributed by atoms with Crippen LogP contribution in [0.4, 0.5) is 0 Å². The number of ether oxygens (including phenoxy) is 1. The van der Waals surface area contributed by atoms with E-state index < -0.39 is 0 Å². The molecule has 0 amide bonds. The van der Waals surface area contributed by atoms with E-state index in [0.717, 1.165) is 37.3 Å². The van der Waals surface area contributed by atoms with Crippen LogP contribution in [0.25, 0.3) is 0 Å². The summed E-state index contributed by atoms with van der Waals surface area (Å²) in [6.07, 6.45) is 4.84. The van der Waals surface area contributed by atoms with Gasteiger partial charge in [-0.15, -0.1) is 0 Å². The number of aryl methyl sites for hydroxylation is 1. The van der Waals surface area contributed by atoms with Gasteiger partial charge in [-0.1, -0.05) is 20.3 Å². The summed E-state index contributed by atoms with van der Waals surface area (Å²) in [4.78, 5) is 0. The number of nitrogens with one attached hydrogen (secondary N) is 1. The molecule has 0 saturated carbocycles. The van der Waals surface area contributed by atoms with Gasteiger partial charge in [-0.2, -0.15) is 5.10 Å². The Morgan fingerprint density at radius 3 is 2.75 bits per heavy atom. The topological polar surface area (TPSA) is 65.1 Å². The average Bonchev–Trinajstić information content (AvgIpc) is 2.69. The van der Waals surface area contributed by atoms with Gasteiger partial charge in [-0.3, -0.25) is 16.0 Å². The maximum atomic E-state index is 5.59. The fourth-order valence-corrected chi connectivity index (χ4v) is 1.86. The number of rotatable bonds is 7. The molecule has 0 aromatic carbocycles. The summed E-state index contributed by atoms with van der Waals surface area (Å²) in [6, 6.07) is 0.106. The quantitative estimate of drug-likeness (QED) is 0.547. The minimum Gasteiger partial charge on any atom is -0.493 e. The van der Waals surface area contributed by atoms with Crippen LogP contribution < -0.4 is 16.0 Å². The molecule has 5 nitrogen and oxygen atoms in total. The van der Waals surface area contributed by atoms with Crippen molar-refractivity contribution in [3.8, 4) is 5.75 Å². The van der Waals surface area contributed by atoms with Crippen molar-refractivity contribution >= 4 is 0 Å². The van der Waals surface area contributed by atoms with Gasteiger partial charge in [0.1, 0.15) is 0 Å². The molecule has 0 aliphatic rings. The number of hydrogen-bond acceptors (Lipinski definition) is 4. The van der Waals surface area contributed by atoms with Crippen molar-refractivity contribution in [3.63, 3.8) is 0 Å². The van der Waals surface area contributed by atoms with Crippen molar-refractivity contribution in [3.05, 3.63) is 11.9 Å². The van der Waals surface area contributed by atoms with E-state index in [1.807, 2.05) is 4.68 Å². The summed E-state index contributed by atoms with van der Waals surface area (Å²) in [7, 11) is 1.66. The molecular formula is C11H22N4O. The molecule has 1 heterocycles. The Morgan fingerprint density at radius 2 is 2.25 bits per heavy atom. The van der Waals surface area contributed by atoms with Gasteiger partial charge in [0.2, 0.25) is 0 Å². The molecule has 0 aliphatic heterocycles. The molecule has 0 bridgehead atoms. The Hall–Kier alpha value is -1.07. The fourth-order valence-electron chi connectivity index (χ4n) is 1.86. The first-order valence-corrected chi connectivity index (χ1v) is 5.84. The lowest BCUT2D eigenvalue weighted by atomic mass is 10.1. The number of hydrogen-bond donors (Lipinski definition) is 2. The third-order valence-electron chi connectivity index (χ3n) is 2.61. The lowest BCUT2D eigenvalue weighted by Crippen LogP contribution is -2.30. The van der Waals surface area contributed by atoms with E-state index in [-0.39, 0.29) is 6.04 Å². The number of nitrogens with two attached hydrogens (primary N) is 1. The molecule has 3 N–H and O–H groups in total. The summed E-state index contributed by atoms with van der Waals surface area (Å²) >= 11 is 0. The number of hydrazine groups is 1. The van der Waals surface area contributed by atoms with Gasteiger partial charge in [0, 0.05) is 6.54 Å². The Bertz CT molecular complexity index is 311. The van der Waals surface area contributed by atoms with E-state index in [4.69, 9.17) is 10.6 Å². The van der Waals surface area contributed by atoms with Gasteiger partial charge in [0.05, 0.1) is 25.0 Å². The standard InChI is InChI=1S/C11H22N4O/c1-4-6-9(14-12)11-10(16-3)8-13-15(11)7-5-2/h8-9,14H,4-7,12H2,1-3H3.